The maximum Gasteiger partial charge on any atom is 0.251 e. The van der Waals surface area contributed by atoms with Crippen molar-refractivity contribution in [2.45, 2.75) is 13.3 Å². The molecule has 1 aromatic carbocycles. The van der Waals surface area contributed by atoms with Crippen molar-refractivity contribution in [1.29, 1.82) is 0 Å². The Morgan fingerprint density at radius 2 is 1.90 bits per heavy atom. The molecule has 2 aromatic rings. The Kier molecular flexibility index (Phi) is 5.51. The number of amides is 1. The molecule has 0 aliphatic carbocycles. The molecule has 1 amide bonds. The third-order valence-corrected chi connectivity index (χ3v) is 3.38. The minimum absolute atomic E-state index is 0.0246. The van der Waals surface area contributed by atoms with Gasteiger partial charge in [-0.2, -0.15) is 5.10 Å². The van der Waals surface area contributed by atoms with Gasteiger partial charge in [0.2, 0.25) is 0 Å². The second-order valence-electron chi connectivity index (χ2n) is 5.07. The molecule has 0 aliphatic rings. The molecule has 0 atom stereocenters. The molecular weight excluding hydrogens is 264 g/mol. The van der Waals surface area contributed by atoms with Crippen LogP contribution in [0.3, 0.4) is 0 Å². The van der Waals surface area contributed by atoms with E-state index in [0.717, 1.165) is 25.1 Å². The zero-order valence-corrected chi connectivity index (χ0v) is 12.6. The molecule has 1 aromatic heterocycles. The van der Waals surface area contributed by atoms with Gasteiger partial charge in [0.1, 0.15) is 0 Å². The number of hydrogen-bond acceptors (Lipinski definition) is 3. The summed E-state index contributed by atoms with van der Waals surface area (Å²) in [5.74, 6) is -0.0246. The Morgan fingerprint density at radius 1 is 1.14 bits per heavy atom. The average molecular weight is 286 g/mol. The van der Waals surface area contributed by atoms with Gasteiger partial charge < -0.3 is 10.6 Å². The van der Waals surface area contributed by atoms with E-state index in [9.17, 15) is 4.79 Å². The molecule has 1 heterocycles. The van der Waals surface area contributed by atoms with Crippen molar-refractivity contribution in [2.75, 3.05) is 19.6 Å². The highest BCUT2D eigenvalue weighted by Crippen LogP contribution is 2.02. The largest absolute Gasteiger partial charge is 0.351 e. The Bertz CT molecular complexity index is 574. The maximum atomic E-state index is 11.9. The zero-order valence-electron chi connectivity index (χ0n) is 12.6. The first-order valence-electron chi connectivity index (χ1n) is 7.19. The standard InChI is InChI=1S/C16H22N4O/c1-13-3-5-14(6-4-13)16(21)18-12-11-17-9-7-15-8-10-19-20(15)2/h3-6,8,10,17H,7,9,11-12H2,1-2H3,(H,18,21). The van der Waals surface area contributed by atoms with E-state index >= 15 is 0 Å². The van der Waals surface area contributed by atoms with Gasteiger partial charge in [-0.3, -0.25) is 9.48 Å². The summed E-state index contributed by atoms with van der Waals surface area (Å²) < 4.78 is 1.88. The van der Waals surface area contributed by atoms with E-state index in [1.165, 1.54) is 5.69 Å². The number of aryl methyl sites for hydroxylation is 2. The zero-order chi connectivity index (χ0) is 15.1. The highest BCUT2D eigenvalue weighted by atomic mass is 16.1. The molecule has 0 fully saturated rings. The van der Waals surface area contributed by atoms with Crippen LogP contribution < -0.4 is 10.6 Å². The second kappa shape index (κ2) is 7.59. The van der Waals surface area contributed by atoms with Crippen LogP contribution in [0.5, 0.6) is 0 Å². The molecule has 21 heavy (non-hydrogen) atoms. The van der Waals surface area contributed by atoms with Crippen molar-refractivity contribution in [1.82, 2.24) is 20.4 Å². The lowest BCUT2D eigenvalue weighted by Gasteiger charge is -2.07. The van der Waals surface area contributed by atoms with Gasteiger partial charge in [0.25, 0.3) is 5.91 Å². The Hall–Kier alpha value is -2.14. The van der Waals surface area contributed by atoms with Gasteiger partial charge in [0, 0.05) is 50.6 Å². The monoisotopic (exact) mass is 286 g/mol. The van der Waals surface area contributed by atoms with Crippen molar-refractivity contribution >= 4 is 5.91 Å². The lowest BCUT2D eigenvalue weighted by Crippen LogP contribution is -2.32. The lowest BCUT2D eigenvalue weighted by molar-refractivity contribution is 0.0954. The Balaban J connectivity index is 1.60. The lowest BCUT2D eigenvalue weighted by atomic mass is 10.1. The van der Waals surface area contributed by atoms with Gasteiger partial charge in [-0.25, -0.2) is 0 Å². The van der Waals surface area contributed by atoms with E-state index in [-0.39, 0.29) is 5.91 Å². The third-order valence-electron chi connectivity index (χ3n) is 3.38. The van der Waals surface area contributed by atoms with Crippen LogP contribution in [0.2, 0.25) is 0 Å². The number of carbonyl (C=O) groups excluding carboxylic acids is 1. The molecule has 0 aliphatic heterocycles. The van der Waals surface area contributed by atoms with E-state index in [1.54, 1.807) is 6.20 Å². The minimum atomic E-state index is -0.0246. The molecule has 5 nitrogen and oxygen atoms in total. The fraction of sp³-hybridized carbons (Fsp3) is 0.375. The van der Waals surface area contributed by atoms with Gasteiger partial charge in [-0.1, -0.05) is 17.7 Å². The van der Waals surface area contributed by atoms with Crippen LogP contribution in [-0.4, -0.2) is 35.3 Å². The summed E-state index contributed by atoms with van der Waals surface area (Å²) in [7, 11) is 1.94. The molecule has 0 spiro atoms. The Morgan fingerprint density at radius 3 is 2.57 bits per heavy atom. The first kappa shape index (κ1) is 15.3. The molecule has 0 saturated carbocycles. The maximum absolute atomic E-state index is 11.9. The van der Waals surface area contributed by atoms with Crippen molar-refractivity contribution in [3.8, 4) is 0 Å². The number of nitrogens with one attached hydrogen (secondary N) is 2. The molecule has 0 bridgehead atoms. The van der Waals surface area contributed by atoms with Crippen LogP contribution in [-0.2, 0) is 13.5 Å². The predicted molar refractivity (Wildman–Crippen MR) is 83.3 cm³/mol. The summed E-state index contributed by atoms with van der Waals surface area (Å²) in [6.07, 6.45) is 2.74. The fourth-order valence-corrected chi connectivity index (χ4v) is 2.06. The van der Waals surface area contributed by atoms with Crippen LogP contribution in [0.25, 0.3) is 0 Å². The molecule has 0 radical (unpaired) electrons. The summed E-state index contributed by atoms with van der Waals surface area (Å²) >= 11 is 0. The van der Waals surface area contributed by atoms with E-state index in [1.807, 2.05) is 49.0 Å². The van der Waals surface area contributed by atoms with Crippen LogP contribution >= 0.6 is 0 Å². The second-order valence-corrected chi connectivity index (χ2v) is 5.07. The fourth-order valence-electron chi connectivity index (χ4n) is 2.06. The number of rotatable bonds is 7. The first-order chi connectivity index (χ1) is 10.2. The highest BCUT2D eigenvalue weighted by molar-refractivity contribution is 5.94. The number of benzene rings is 1. The van der Waals surface area contributed by atoms with Crippen LogP contribution in [0.4, 0.5) is 0 Å². The molecular formula is C16H22N4O. The molecule has 5 heteroatoms. The summed E-state index contributed by atoms with van der Waals surface area (Å²) in [5, 5.41) is 10.3. The van der Waals surface area contributed by atoms with Crippen molar-refractivity contribution in [3.63, 3.8) is 0 Å². The third kappa shape index (κ3) is 4.72. The minimum Gasteiger partial charge on any atom is -0.351 e. The van der Waals surface area contributed by atoms with Gasteiger partial charge in [0.15, 0.2) is 0 Å². The van der Waals surface area contributed by atoms with Crippen molar-refractivity contribution in [3.05, 3.63) is 53.3 Å². The van der Waals surface area contributed by atoms with Crippen LogP contribution in [0, 0.1) is 6.92 Å². The quantitative estimate of drug-likeness (QED) is 0.754. The number of hydrogen-bond donors (Lipinski definition) is 2. The van der Waals surface area contributed by atoms with Crippen LogP contribution in [0.15, 0.2) is 36.5 Å². The van der Waals surface area contributed by atoms with E-state index in [2.05, 4.69) is 15.7 Å². The van der Waals surface area contributed by atoms with Crippen molar-refractivity contribution in [2.24, 2.45) is 7.05 Å². The number of aromatic nitrogens is 2. The first-order valence-corrected chi connectivity index (χ1v) is 7.19. The summed E-state index contributed by atoms with van der Waals surface area (Å²) in [6.45, 7) is 4.27. The van der Waals surface area contributed by atoms with E-state index in [4.69, 9.17) is 0 Å². The summed E-state index contributed by atoms with van der Waals surface area (Å²) in [4.78, 5) is 11.9. The van der Waals surface area contributed by atoms with Crippen molar-refractivity contribution < 1.29 is 4.79 Å². The molecule has 2 N–H and O–H groups in total. The average Bonchev–Trinajstić information content (AvgIpc) is 2.88. The van der Waals surface area contributed by atoms with Gasteiger partial charge in [0.05, 0.1) is 0 Å². The summed E-state index contributed by atoms with van der Waals surface area (Å²) in [6, 6.07) is 9.60. The van der Waals surface area contributed by atoms with Gasteiger partial charge in [-0.15, -0.1) is 0 Å². The number of carbonyl (C=O) groups is 1. The molecule has 0 unspecified atom stereocenters. The van der Waals surface area contributed by atoms with Gasteiger partial charge in [-0.05, 0) is 25.1 Å². The van der Waals surface area contributed by atoms with E-state index in [0.29, 0.717) is 12.1 Å². The molecule has 112 valence electrons. The predicted octanol–water partition coefficient (Wildman–Crippen LogP) is 1.29. The van der Waals surface area contributed by atoms with Gasteiger partial charge >= 0.3 is 0 Å². The SMILES string of the molecule is Cc1ccc(C(=O)NCCNCCc2ccnn2C)cc1. The highest BCUT2D eigenvalue weighted by Gasteiger charge is 2.03. The normalized spacial score (nSPS) is 10.6. The topological polar surface area (TPSA) is 59.0 Å². The summed E-state index contributed by atoms with van der Waals surface area (Å²) in [5.41, 5.74) is 3.06. The molecule has 0 saturated heterocycles. The van der Waals surface area contributed by atoms with Crippen LogP contribution in [0.1, 0.15) is 21.6 Å². The smallest absolute Gasteiger partial charge is 0.251 e. The number of nitrogens with zero attached hydrogens (tertiary/aromatic N) is 2. The van der Waals surface area contributed by atoms with E-state index < -0.39 is 0 Å². The Labute approximate surface area is 125 Å². The molecule has 2 rings (SSSR count).